The molecule has 43 heavy (non-hydrogen) atoms. The van der Waals surface area contributed by atoms with Gasteiger partial charge in [0.05, 0.1) is 18.7 Å². The molecule has 1 amide bonds. The first-order valence-electron chi connectivity index (χ1n) is 14.4. The zero-order valence-electron chi connectivity index (χ0n) is 24.8. The molecule has 0 aromatic heterocycles. The summed E-state index contributed by atoms with van der Waals surface area (Å²) >= 11 is 0. The lowest BCUT2D eigenvalue weighted by Crippen LogP contribution is -2.43. The molecule has 4 rings (SSSR count). The number of ketones is 1. The van der Waals surface area contributed by atoms with Crippen LogP contribution < -0.4 is 5.73 Å². The van der Waals surface area contributed by atoms with Crippen LogP contribution in [-0.4, -0.2) is 40.3 Å². The second-order valence-electron chi connectivity index (χ2n) is 11.6. The molecule has 0 saturated heterocycles. The molecule has 1 saturated carbocycles. The number of carbonyl (C=O) groups is 3. The number of aliphatic imine (C=N–C) groups is 1. The molecule has 3 aromatic carbocycles. The third kappa shape index (κ3) is 9.23. The van der Waals surface area contributed by atoms with Crippen molar-refractivity contribution in [1.29, 1.82) is 0 Å². The minimum Gasteiger partial charge on any atom is -0.461 e. The second kappa shape index (κ2) is 14.1. The van der Waals surface area contributed by atoms with E-state index in [0.29, 0.717) is 16.8 Å². The summed E-state index contributed by atoms with van der Waals surface area (Å²) in [5, 5.41) is 0. The SMILES string of the molecule is CC(C)(C)OC(=O)N(Cc1ccc(N=C(N)CC(=O)c2ccc(F)cc2)cc1)C(C(=O)OC1CCCC1)c1ccccc1. The number of ether oxygens (including phenoxy) is 2. The lowest BCUT2D eigenvalue weighted by Gasteiger charge is -2.33. The Hall–Kier alpha value is -4.53. The van der Waals surface area contributed by atoms with E-state index in [9.17, 15) is 18.8 Å². The van der Waals surface area contributed by atoms with E-state index in [1.54, 1.807) is 57.2 Å². The Morgan fingerprint density at radius 2 is 1.58 bits per heavy atom. The van der Waals surface area contributed by atoms with Gasteiger partial charge in [-0.3, -0.25) is 9.69 Å². The van der Waals surface area contributed by atoms with Crippen molar-refractivity contribution in [2.45, 2.75) is 77.2 Å². The minimum atomic E-state index is -1.01. The van der Waals surface area contributed by atoms with Crippen molar-refractivity contribution in [1.82, 2.24) is 4.90 Å². The quantitative estimate of drug-likeness (QED) is 0.118. The van der Waals surface area contributed by atoms with E-state index in [1.807, 2.05) is 18.2 Å². The van der Waals surface area contributed by atoms with Gasteiger partial charge in [-0.1, -0.05) is 42.5 Å². The number of amidine groups is 1. The fourth-order valence-electron chi connectivity index (χ4n) is 4.88. The number of Topliss-reactive ketones (excluding diaryl/α,β-unsaturated/α-hetero) is 1. The van der Waals surface area contributed by atoms with Crippen LogP contribution in [0, 0.1) is 5.82 Å². The van der Waals surface area contributed by atoms with Gasteiger partial charge in [0.2, 0.25) is 0 Å². The van der Waals surface area contributed by atoms with Gasteiger partial charge in [-0.05, 0) is 94.0 Å². The molecule has 2 N–H and O–H groups in total. The van der Waals surface area contributed by atoms with Gasteiger partial charge in [-0.25, -0.2) is 19.0 Å². The van der Waals surface area contributed by atoms with Crippen LogP contribution in [0.15, 0.2) is 83.9 Å². The van der Waals surface area contributed by atoms with Crippen LogP contribution in [0.1, 0.15) is 80.4 Å². The fraction of sp³-hybridized carbons (Fsp3) is 0.353. The van der Waals surface area contributed by atoms with Crippen LogP contribution in [0.4, 0.5) is 14.9 Å². The van der Waals surface area contributed by atoms with Crippen LogP contribution in [0.5, 0.6) is 0 Å². The number of halogens is 1. The lowest BCUT2D eigenvalue weighted by molar-refractivity contribution is -0.155. The zero-order chi connectivity index (χ0) is 31.0. The molecular formula is C34H38FN3O5. The molecule has 3 aromatic rings. The van der Waals surface area contributed by atoms with E-state index in [4.69, 9.17) is 15.2 Å². The van der Waals surface area contributed by atoms with Gasteiger partial charge in [0.1, 0.15) is 23.4 Å². The zero-order valence-corrected chi connectivity index (χ0v) is 24.8. The molecule has 9 heteroatoms. The summed E-state index contributed by atoms with van der Waals surface area (Å²) in [4.78, 5) is 45.4. The van der Waals surface area contributed by atoms with E-state index >= 15 is 0 Å². The third-order valence-electron chi connectivity index (χ3n) is 6.93. The van der Waals surface area contributed by atoms with E-state index in [0.717, 1.165) is 31.2 Å². The maximum Gasteiger partial charge on any atom is 0.411 e. The van der Waals surface area contributed by atoms with Gasteiger partial charge in [0, 0.05) is 5.56 Å². The van der Waals surface area contributed by atoms with Crippen LogP contribution in [0.25, 0.3) is 0 Å². The summed E-state index contributed by atoms with van der Waals surface area (Å²) in [7, 11) is 0. The molecule has 1 aliphatic rings. The highest BCUT2D eigenvalue weighted by molar-refractivity contribution is 6.09. The number of carbonyl (C=O) groups excluding carboxylic acids is 3. The standard InChI is InChI=1S/C34H38FN3O5/c1-34(2,3)43-33(41)38(31(25-9-5-4-6-10-25)32(40)42-28-11-7-8-12-28)22-23-13-19-27(20-14-23)37-30(36)21-29(39)24-15-17-26(35)18-16-24/h4-6,9-10,13-20,28,31H,7-8,11-12,21-22H2,1-3H3,(H2,36,37). The fourth-order valence-corrected chi connectivity index (χ4v) is 4.88. The summed E-state index contributed by atoms with van der Waals surface area (Å²) in [6, 6.07) is 20.3. The summed E-state index contributed by atoms with van der Waals surface area (Å²) < 4.78 is 24.8. The van der Waals surface area contributed by atoms with Gasteiger partial charge in [-0.15, -0.1) is 0 Å². The molecule has 1 unspecified atom stereocenters. The van der Waals surface area contributed by atoms with Crippen LogP contribution in [0.3, 0.4) is 0 Å². The Morgan fingerprint density at radius 3 is 2.19 bits per heavy atom. The highest BCUT2D eigenvalue weighted by Crippen LogP contribution is 2.30. The van der Waals surface area contributed by atoms with Crippen molar-refractivity contribution in [3.63, 3.8) is 0 Å². The summed E-state index contributed by atoms with van der Waals surface area (Å²) in [5.74, 6) is -1.09. The van der Waals surface area contributed by atoms with Gasteiger partial charge in [0.15, 0.2) is 11.8 Å². The molecule has 1 fully saturated rings. The molecule has 8 nitrogen and oxygen atoms in total. The molecule has 0 aliphatic heterocycles. The average Bonchev–Trinajstić information content (AvgIpc) is 3.46. The number of nitrogens with zero attached hydrogens (tertiary/aromatic N) is 2. The smallest absolute Gasteiger partial charge is 0.411 e. The monoisotopic (exact) mass is 587 g/mol. The molecule has 0 bridgehead atoms. The average molecular weight is 588 g/mol. The molecule has 0 radical (unpaired) electrons. The summed E-state index contributed by atoms with van der Waals surface area (Å²) in [6.07, 6.45) is 2.68. The van der Waals surface area contributed by atoms with Crippen molar-refractivity contribution < 1.29 is 28.2 Å². The lowest BCUT2D eigenvalue weighted by atomic mass is 10.0. The molecule has 226 valence electrons. The number of benzene rings is 3. The second-order valence-corrected chi connectivity index (χ2v) is 11.6. The third-order valence-corrected chi connectivity index (χ3v) is 6.93. The molecule has 0 spiro atoms. The minimum absolute atomic E-state index is 0.0662. The normalized spacial score (nSPS) is 14.7. The number of hydrogen-bond acceptors (Lipinski definition) is 6. The Kier molecular flexibility index (Phi) is 10.3. The predicted molar refractivity (Wildman–Crippen MR) is 162 cm³/mol. The first-order valence-corrected chi connectivity index (χ1v) is 14.4. The van der Waals surface area contributed by atoms with Crippen molar-refractivity contribution in [2.75, 3.05) is 0 Å². The maximum atomic E-state index is 13.6. The molecule has 1 atom stereocenters. The van der Waals surface area contributed by atoms with Crippen LogP contribution in [-0.2, 0) is 20.8 Å². The van der Waals surface area contributed by atoms with Crippen molar-refractivity contribution >= 4 is 29.4 Å². The van der Waals surface area contributed by atoms with Gasteiger partial charge in [0.25, 0.3) is 0 Å². The molecule has 1 aliphatic carbocycles. The van der Waals surface area contributed by atoms with E-state index in [-0.39, 0.29) is 30.7 Å². The Morgan fingerprint density at radius 1 is 0.953 bits per heavy atom. The number of hydrogen-bond donors (Lipinski definition) is 1. The largest absolute Gasteiger partial charge is 0.461 e. The van der Waals surface area contributed by atoms with E-state index in [2.05, 4.69) is 4.99 Å². The van der Waals surface area contributed by atoms with Crippen molar-refractivity contribution in [3.05, 3.63) is 101 Å². The van der Waals surface area contributed by atoms with Crippen molar-refractivity contribution in [2.24, 2.45) is 10.7 Å². The number of nitrogens with two attached hydrogens (primary N) is 1. The Balaban J connectivity index is 1.56. The molecular weight excluding hydrogens is 549 g/mol. The first kappa shape index (κ1) is 31.4. The number of rotatable bonds is 10. The topological polar surface area (TPSA) is 111 Å². The number of amides is 1. The Labute approximate surface area is 251 Å². The molecule has 0 heterocycles. The summed E-state index contributed by atoms with van der Waals surface area (Å²) in [6.45, 7) is 5.39. The highest BCUT2D eigenvalue weighted by atomic mass is 19.1. The first-order chi connectivity index (χ1) is 20.5. The summed E-state index contributed by atoms with van der Waals surface area (Å²) in [5.41, 5.74) is 7.44. The number of esters is 1. The van der Waals surface area contributed by atoms with Crippen molar-refractivity contribution in [3.8, 4) is 0 Å². The van der Waals surface area contributed by atoms with Gasteiger partial charge in [-0.2, -0.15) is 0 Å². The van der Waals surface area contributed by atoms with Crippen LogP contribution >= 0.6 is 0 Å². The van der Waals surface area contributed by atoms with Gasteiger partial charge < -0.3 is 15.2 Å². The van der Waals surface area contributed by atoms with Gasteiger partial charge >= 0.3 is 12.1 Å². The van der Waals surface area contributed by atoms with Crippen LogP contribution in [0.2, 0.25) is 0 Å². The Bertz CT molecular complexity index is 1430. The maximum absolute atomic E-state index is 13.6. The predicted octanol–water partition coefficient (Wildman–Crippen LogP) is 7.05. The van der Waals surface area contributed by atoms with E-state index in [1.165, 1.54) is 29.2 Å². The van der Waals surface area contributed by atoms with E-state index < -0.39 is 29.5 Å². The highest BCUT2D eigenvalue weighted by Gasteiger charge is 2.37.